The number of aliphatic hydroxyl groups is 2. The molecule has 1 aromatic carbocycles. The zero-order valence-electron chi connectivity index (χ0n) is 7.63. The Kier molecular flexibility index (Phi) is 2.91. The number of aliphatic hydroxyl groups excluding tert-OH is 2. The van der Waals surface area contributed by atoms with Crippen molar-refractivity contribution in [2.45, 2.75) is 18.0 Å². The van der Waals surface area contributed by atoms with Crippen LogP contribution in [0.1, 0.15) is 12.0 Å². The van der Waals surface area contributed by atoms with Crippen molar-refractivity contribution in [1.29, 1.82) is 0 Å². The van der Waals surface area contributed by atoms with Gasteiger partial charge < -0.3 is 10.2 Å². The van der Waals surface area contributed by atoms with Crippen molar-refractivity contribution in [2.75, 3.05) is 0 Å². The zero-order valence-corrected chi connectivity index (χ0v) is 8.45. The van der Waals surface area contributed by atoms with Gasteiger partial charge >= 0.3 is 0 Å². The highest BCUT2D eigenvalue weighted by Crippen LogP contribution is 2.36. The van der Waals surface area contributed by atoms with E-state index in [-0.39, 0.29) is 0 Å². The van der Waals surface area contributed by atoms with E-state index in [0.717, 1.165) is 10.5 Å². The lowest BCUT2D eigenvalue weighted by atomic mass is 10.1. The maximum atomic E-state index is 9.57. The lowest BCUT2D eigenvalue weighted by molar-refractivity contribution is 0.164. The fraction of sp³-hybridized carbons (Fsp3) is 0.273. The van der Waals surface area contributed by atoms with Crippen LogP contribution >= 0.6 is 11.8 Å². The molecule has 1 aliphatic heterocycles. The van der Waals surface area contributed by atoms with Crippen LogP contribution in [-0.2, 0) is 0 Å². The minimum atomic E-state index is -0.504. The van der Waals surface area contributed by atoms with Crippen LogP contribution in [-0.4, -0.2) is 21.8 Å². The molecule has 2 N–H and O–H groups in total. The number of benzene rings is 1. The molecule has 0 amide bonds. The van der Waals surface area contributed by atoms with E-state index in [2.05, 4.69) is 0 Å². The van der Waals surface area contributed by atoms with Crippen molar-refractivity contribution in [1.82, 2.24) is 0 Å². The van der Waals surface area contributed by atoms with Crippen LogP contribution in [0.4, 0.5) is 0 Å². The molecule has 0 bridgehead atoms. The third-order valence-corrected chi connectivity index (χ3v) is 3.26. The summed E-state index contributed by atoms with van der Waals surface area (Å²) in [5.74, 6) is 0. The Morgan fingerprint density at radius 2 is 1.93 bits per heavy atom. The summed E-state index contributed by atoms with van der Waals surface area (Å²) in [4.78, 5) is 0.851. The number of thioether (sulfide) groups is 1. The van der Waals surface area contributed by atoms with Crippen LogP contribution in [0.5, 0.6) is 0 Å². The Labute approximate surface area is 87.3 Å². The van der Waals surface area contributed by atoms with E-state index in [1.54, 1.807) is 0 Å². The normalized spacial score (nSPS) is 29.7. The van der Waals surface area contributed by atoms with Crippen LogP contribution in [0.25, 0.3) is 6.08 Å². The van der Waals surface area contributed by atoms with E-state index in [4.69, 9.17) is 0 Å². The molecule has 14 heavy (non-hydrogen) atoms. The largest absolute Gasteiger partial charge is 0.388 e. The zero-order chi connectivity index (χ0) is 9.97. The highest BCUT2D eigenvalue weighted by molar-refractivity contribution is 8.04. The van der Waals surface area contributed by atoms with Gasteiger partial charge in [-0.1, -0.05) is 42.1 Å². The summed E-state index contributed by atoms with van der Waals surface area (Å²) >= 11 is 1.34. The number of rotatable bonds is 1. The molecular formula is C11H12O2S. The molecule has 1 aromatic rings. The van der Waals surface area contributed by atoms with E-state index < -0.39 is 11.5 Å². The van der Waals surface area contributed by atoms with E-state index in [9.17, 15) is 10.2 Å². The molecule has 2 rings (SSSR count). The Bertz CT molecular complexity index is 334. The summed E-state index contributed by atoms with van der Waals surface area (Å²) in [5, 5.41) is 18.9. The highest BCUT2D eigenvalue weighted by atomic mass is 32.2. The fourth-order valence-corrected chi connectivity index (χ4v) is 2.48. The van der Waals surface area contributed by atoms with Crippen molar-refractivity contribution in [3.05, 3.63) is 40.8 Å². The lowest BCUT2D eigenvalue weighted by Gasteiger charge is -2.01. The molecule has 0 saturated carbocycles. The predicted octanol–water partition coefficient (Wildman–Crippen LogP) is 1.84. The van der Waals surface area contributed by atoms with E-state index in [1.807, 2.05) is 36.4 Å². The third kappa shape index (κ3) is 2.18. The monoisotopic (exact) mass is 208 g/mol. The summed E-state index contributed by atoms with van der Waals surface area (Å²) in [6, 6.07) is 9.81. The first kappa shape index (κ1) is 9.77. The second-order valence-corrected chi connectivity index (χ2v) is 4.53. The van der Waals surface area contributed by atoms with Crippen LogP contribution in [0.2, 0.25) is 0 Å². The molecule has 1 saturated heterocycles. The lowest BCUT2D eigenvalue weighted by Crippen LogP contribution is -2.03. The molecule has 1 heterocycles. The highest BCUT2D eigenvalue weighted by Gasteiger charge is 2.26. The summed E-state index contributed by atoms with van der Waals surface area (Å²) < 4.78 is 0. The summed E-state index contributed by atoms with van der Waals surface area (Å²) in [6.07, 6.45) is 1.85. The molecule has 0 aromatic heterocycles. The van der Waals surface area contributed by atoms with Crippen LogP contribution in [0.3, 0.4) is 0 Å². The molecule has 0 spiro atoms. The summed E-state index contributed by atoms with van der Waals surface area (Å²) in [7, 11) is 0. The van der Waals surface area contributed by atoms with Crippen molar-refractivity contribution in [2.24, 2.45) is 0 Å². The average Bonchev–Trinajstić information content (AvgIpc) is 2.47. The Hall–Kier alpha value is -0.770. The van der Waals surface area contributed by atoms with Crippen molar-refractivity contribution >= 4 is 17.8 Å². The van der Waals surface area contributed by atoms with Crippen LogP contribution in [0.15, 0.2) is 35.2 Å². The second kappa shape index (κ2) is 4.17. The molecule has 74 valence electrons. The Balaban J connectivity index is 2.19. The van der Waals surface area contributed by atoms with Crippen LogP contribution in [0, 0.1) is 0 Å². The molecule has 2 atom stereocenters. The van der Waals surface area contributed by atoms with E-state index in [0.29, 0.717) is 6.42 Å². The van der Waals surface area contributed by atoms with Gasteiger partial charge in [-0.2, -0.15) is 0 Å². The third-order valence-electron chi connectivity index (χ3n) is 2.13. The van der Waals surface area contributed by atoms with Gasteiger partial charge in [0.05, 0.1) is 6.10 Å². The topological polar surface area (TPSA) is 40.5 Å². The molecule has 0 radical (unpaired) electrons. The van der Waals surface area contributed by atoms with Gasteiger partial charge in [-0.15, -0.1) is 0 Å². The minimum absolute atomic E-state index is 0.434. The number of hydrogen-bond donors (Lipinski definition) is 2. The summed E-state index contributed by atoms with van der Waals surface area (Å²) in [6.45, 7) is 0. The first-order chi connectivity index (χ1) is 6.75. The molecule has 3 heteroatoms. The van der Waals surface area contributed by atoms with Gasteiger partial charge in [-0.05, 0) is 11.6 Å². The van der Waals surface area contributed by atoms with Gasteiger partial charge in [0.1, 0.15) is 5.44 Å². The molecule has 1 fully saturated rings. The maximum Gasteiger partial charge on any atom is 0.106 e. The Morgan fingerprint density at radius 1 is 1.21 bits per heavy atom. The fourth-order valence-electron chi connectivity index (χ4n) is 1.43. The predicted molar refractivity (Wildman–Crippen MR) is 58.6 cm³/mol. The second-order valence-electron chi connectivity index (χ2n) is 3.28. The van der Waals surface area contributed by atoms with Crippen molar-refractivity contribution in [3.8, 4) is 0 Å². The summed E-state index contributed by atoms with van der Waals surface area (Å²) in [5.41, 5.74) is 0.600. The van der Waals surface area contributed by atoms with Crippen molar-refractivity contribution in [3.63, 3.8) is 0 Å². The molecule has 0 aliphatic carbocycles. The van der Waals surface area contributed by atoms with E-state index in [1.165, 1.54) is 11.8 Å². The molecular weight excluding hydrogens is 196 g/mol. The van der Waals surface area contributed by atoms with Gasteiger partial charge in [0.15, 0.2) is 0 Å². The van der Waals surface area contributed by atoms with Gasteiger partial charge in [0.25, 0.3) is 0 Å². The average molecular weight is 208 g/mol. The molecule has 2 unspecified atom stereocenters. The van der Waals surface area contributed by atoms with Crippen molar-refractivity contribution < 1.29 is 10.2 Å². The van der Waals surface area contributed by atoms with Gasteiger partial charge in [-0.25, -0.2) is 0 Å². The Morgan fingerprint density at radius 3 is 2.50 bits per heavy atom. The molecule has 2 nitrogen and oxygen atoms in total. The number of hydrogen-bond acceptors (Lipinski definition) is 3. The quantitative estimate of drug-likeness (QED) is 0.740. The standard InChI is InChI=1S/C11H12O2S/c12-9-7-11(13)14-10(9)6-8-4-2-1-3-5-8/h1-6,9,11-13H,7H2. The van der Waals surface area contributed by atoms with Gasteiger partial charge in [-0.3, -0.25) is 0 Å². The van der Waals surface area contributed by atoms with Gasteiger partial charge in [0.2, 0.25) is 0 Å². The SMILES string of the molecule is OC1CC(O)C(=Cc2ccccc2)S1. The van der Waals surface area contributed by atoms with Crippen LogP contribution < -0.4 is 0 Å². The maximum absolute atomic E-state index is 9.57. The first-order valence-electron chi connectivity index (χ1n) is 4.55. The molecule has 1 aliphatic rings. The minimum Gasteiger partial charge on any atom is -0.388 e. The smallest absolute Gasteiger partial charge is 0.106 e. The van der Waals surface area contributed by atoms with Gasteiger partial charge in [0, 0.05) is 11.3 Å². The first-order valence-corrected chi connectivity index (χ1v) is 5.43. The van der Waals surface area contributed by atoms with E-state index >= 15 is 0 Å².